The molecule has 3 rings (SSSR count). The van der Waals surface area contributed by atoms with Gasteiger partial charge >= 0.3 is 0 Å². The Balaban J connectivity index is 1.68. The number of rotatable bonds is 6. The van der Waals surface area contributed by atoms with Crippen molar-refractivity contribution in [2.45, 2.75) is 32.0 Å². The average molecular weight is 359 g/mol. The van der Waals surface area contributed by atoms with Crippen LogP contribution in [-0.4, -0.2) is 51.3 Å². The minimum atomic E-state index is -0.815. The summed E-state index contributed by atoms with van der Waals surface area (Å²) in [6.07, 6.45) is -0.896. The van der Waals surface area contributed by atoms with E-state index in [1.54, 1.807) is 13.1 Å². The van der Waals surface area contributed by atoms with E-state index >= 15 is 0 Å². The smallest absolute Gasteiger partial charge is 0.269 e. The summed E-state index contributed by atoms with van der Waals surface area (Å²) in [5, 5.41) is 27.1. The first kappa shape index (κ1) is 18.4. The quantitative estimate of drug-likeness (QED) is 0.716. The van der Waals surface area contributed by atoms with Crippen molar-refractivity contribution in [2.75, 3.05) is 13.2 Å². The molecule has 0 saturated heterocycles. The molecule has 1 aliphatic carbocycles. The molecule has 1 aromatic heterocycles. The van der Waals surface area contributed by atoms with E-state index in [4.69, 9.17) is 4.74 Å². The van der Waals surface area contributed by atoms with Gasteiger partial charge in [0.2, 0.25) is 0 Å². The van der Waals surface area contributed by atoms with Crippen molar-refractivity contribution in [3.8, 4) is 5.75 Å². The van der Waals surface area contributed by atoms with Crippen LogP contribution in [0.5, 0.6) is 5.75 Å². The lowest BCUT2D eigenvalue weighted by Gasteiger charge is -2.29. The number of hydrogen-bond acceptors (Lipinski definition) is 5. The number of ether oxygens (including phenoxy) is 1. The minimum absolute atomic E-state index is 0.233. The van der Waals surface area contributed by atoms with E-state index in [1.165, 1.54) is 4.68 Å². The standard InChI is InChI=1S/C19H25N3O4/c1-13-8-15(22(2)21-13)18(25)20-11-19(9-16(23)17(24)10-19)12-26-14-6-4-3-5-7-14/h3-8,16-17,23-24H,9-12H2,1-2H3,(H,20,25). The highest BCUT2D eigenvalue weighted by Crippen LogP contribution is 2.38. The normalized spacial score (nSPS) is 25.2. The number of aromatic nitrogens is 2. The van der Waals surface area contributed by atoms with Gasteiger partial charge in [-0.1, -0.05) is 18.2 Å². The SMILES string of the molecule is Cc1cc(C(=O)NCC2(COc3ccccc3)CC(O)C(O)C2)n(C)n1. The molecule has 0 spiro atoms. The third kappa shape index (κ3) is 4.05. The minimum Gasteiger partial charge on any atom is -0.493 e. The predicted octanol–water partition coefficient (Wildman–Crippen LogP) is 1.04. The van der Waals surface area contributed by atoms with Crippen LogP contribution in [0.2, 0.25) is 0 Å². The molecule has 7 nitrogen and oxygen atoms in total. The Kier molecular flexibility index (Phi) is 5.29. The highest BCUT2D eigenvalue weighted by atomic mass is 16.5. The number of nitrogens with zero attached hydrogens (tertiary/aromatic N) is 2. The second kappa shape index (κ2) is 7.47. The van der Waals surface area contributed by atoms with E-state index in [0.717, 1.165) is 11.4 Å². The highest BCUT2D eigenvalue weighted by Gasteiger charge is 2.45. The molecule has 0 bridgehead atoms. The van der Waals surface area contributed by atoms with Crippen molar-refractivity contribution < 1.29 is 19.7 Å². The van der Waals surface area contributed by atoms with Gasteiger partial charge in [-0.05, 0) is 38.0 Å². The maximum Gasteiger partial charge on any atom is 0.269 e. The number of carbonyl (C=O) groups is 1. The van der Waals surface area contributed by atoms with Crippen molar-refractivity contribution >= 4 is 5.91 Å². The fraction of sp³-hybridized carbons (Fsp3) is 0.474. The predicted molar refractivity (Wildman–Crippen MR) is 95.9 cm³/mol. The van der Waals surface area contributed by atoms with Crippen molar-refractivity contribution in [3.63, 3.8) is 0 Å². The maximum absolute atomic E-state index is 12.5. The number of carbonyl (C=O) groups excluding carboxylic acids is 1. The molecule has 1 aliphatic rings. The average Bonchev–Trinajstić information content (AvgIpc) is 3.11. The van der Waals surface area contributed by atoms with Crippen LogP contribution < -0.4 is 10.1 Å². The van der Waals surface area contributed by atoms with Gasteiger partial charge < -0.3 is 20.3 Å². The summed E-state index contributed by atoms with van der Waals surface area (Å²) in [7, 11) is 1.72. The van der Waals surface area contributed by atoms with E-state index < -0.39 is 17.6 Å². The molecule has 26 heavy (non-hydrogen) atoms. The van der Waals surface area contributed by atoms with Gasteiger partial charge in [0.25, 0.3) is 5.91 Å². The van der Waals surface area contributed by atoms with Crippen molar-refractivity contribution in [2.24, 2.45) is 12.5 Å². The van der Waals surface area contributed by atoms with Crippen LogP contribution >= 0.6 is 0 Å². The van der Waals surface area contributed by atoms with Gasteiger partial charge in [0.05, 0.1) is 24.5 Å². The van der Waals surface area contributed by atoms with E-state index in [0.29, 0.717) is 31.7 Å². The number of aliphatic hydroxyl groups excluding tert-OH is 2. The molecule has 7 heteroatoms. The monoisotopic (exact) mass is 359 g/mol. The van der Waals surface area contributed by atoms with Crippen LogP contribution in [0, 0.1) is 12.3 Å². The van der Waals surface area contributed by atoms with Gasteiger partial charge in [0.15, 0.2) is 0 Å². The van der Waals surface area contributed by atoms with Gasteiger partial charge in [-0.15, -0.1) is 0 Å². The third-order valence-corrected chi connectivity index (χ3v) is 4.88. The number of nitrogens with one attached hydrogen (secondary N) is 1. The first-order valence-corrected chi connectivity index (χ1v) is 8.71. The molecule has 1 amide bonds. The number of aliphatic hydroxyl groups is 2. The zero-order valence-electron chi connectivity index (χ0n) is 15.1. The summed E-state index contributed by atoms with van der Waals surface area (Å²) < 4.78 is 7.40. The van der Waals surface area contributed by atoms with E-state index in [9.17, 15) is 15.0 Å². The number of aryl methyl sites for hydroxylation is 2. The van der Waals surface area contributed by atoms with Gasteiger partial charge in [0.1, 0.15) is 11.4 Å². The second-order valence-corrected chi connectivity index (χ2v) is 7.12. The molecule has 1 heterocycles. The van der Waals surface area contributed by atoms with Crippen LogP contribution in [0.1, 0.15) is 29.0 Å². The molecule has 140 valence electrons. The Morgan fingerprint density at radius 1 is 1.31 bits per heavy atom. The molecule has 1 aromatic carbocycles. The maximum atomic E-state index is 12.5. The van der Waals surface area contributed by atoms with Crippen molar-refractivity contribution in [3.05, 3.63) is 47.8 Å². The van der Waals surface area contributed by atoms with Crippen molar-refractivity contribution in [1.82, 2.24) is 15.1 Å². The number of hydrogen-bond donors (Lipinski definition) is 3. The molecular formula is C19H25N3O4. The largest absolute Gasteiger partial charge is 0.493 e. The Morgan fingerprint density at radius 3 is 2.54 bits per heavy atom. The summed E-state index contributed by atoms with van der Waals surface area (Å²) in [5.74, 6) is 0.486. The summed E-state index contributed by atoms with van der Waals surface area (Å²) in [5.41, 5.74) is 0.713. The first-order valence-electron chi connectivity index (χ1n) is 8.71. The Labute approximate surface area is 152 Å². The topological polar surface area (TPSA) is 96.6 Å². The zero-order valence-corrected chi connectivity index (χ0v) is 15.1. The highest BCUT2D eigenvalue weighted by molar-refractivity contribution is 5.92. The van der Waals surface area contributed by atoms with Crippen LogP contribution in [0.15, 0.2) is 36.4 Å². The lowest BCUT2D eigenvalue weighted by Crippen LogP contribution is -2.41. The number of amides is 1. The molecule has 1 saturated carbocycles. The summed E-state index contributed by atoms with van der Waals surface area (Å²) in [4.78, 5) is 12.5. The molecule has 0 radical (unpaired) electrons. The summed E-state index contributed by atoms with van der Waals surface area (Å²) in [6.45, 7) is 2.43. The van der Waals surface area contributed by atoms with Crippen LogP contribution in [0.3, 0.4) is 0 Å². The van der Waals surface area contributed by atoms with Crippen LogP contribution in [0.25, 0.3) is 0 Å². The van der Waals surface area contributed by atoms with E-state index in [-0.39, 0.29) is 5.91 Å². The summed E-state index contributed by atoms with van der Waals surface area (Å²) in [6, 6.07) is 11.1. The molecule has 0 aliphatic heterocycles. The van der Waals surface area contributed by atoms with Crippen LogP contribution in [0.4, 0.5) is 0 Å². The Hall–Kier alpha value is -2.38. The number of para-hydroxylation sites is 1. The zero-order chi connectivity index (χ0) is 18.7. The fourth-order valence-corrected chi connectivity index (χ4v) is 3.49. The van der Waals surface area contributed by atoms with E-state index in [2.05, 4.69) is 10.4 Å². The molecule has 3 N–H and O–H groups in total. The Morgan fingerprint density at radius 2 is 1.96 bits per heavy atom. The van der Waals surface area contributed by atoms with Crippen molar-refractivity contribution in [1.29, 1.82) is 0 Å². The molecule has 2 unspecified atom stereocenters. The van der Waals surface area contributed by atoms with E-state index in [1.807, 2.05) is 37.3 Å². The molecule has 1 fully saturated rings. The van der Waals surface area contributed by atoms with Gasteiger partial charge in [-0.25, -0.2) is 0 Å². The first-order chi connectivity index (χ1) is 12.4. The number of benzene rings is 1. The van der Waals surface area contributed by atoms with Gasteiger partial charge in [0, 0.05) is 19.0 Å². The summed E-state index contributed by atoms with van der Waals surface area (Å²) >= 11 is 0. The van der Waals surface area contributed by atoms with Gasteiger partial charge in [-0.3, -0.25) is 9.48 Å². The Bertz CT molecular complexity index is 749. The molecule has 2 atom stereocenters. The molecular weight excluding hydrogens is 334 g/mol. The lowest BCUT2D eigenvalue weighted by molar-refractivity contribution is 0.0438. The fourth-order valence-electron chi connectivity index (χ4n) is 3.49. The van der Waals surface area contributed by atoms with Gasteiger partial charge in [-0.2, -0.15) is 5.10 Å². The lowest BCUT2D eigenvalue weighted by atomic mass is 9.86. The second-order valence-electron chi connectivity index (χ2n) is 7.12. The third-order valence-electron chi connectivity index (χ3n) is 4.88. The van der Waals surface area contributed by atoms with Crippen LogP contribution in [-0.2, 0) is 7.05 Å². The molecule has 2 aromatic rings.